The number of aryl methyl sites for hydroxylation is 1. The fraction of sp³-hybridized carbons (Fsp3) is 0.0526. The fourth-order valence-electron chi connectivity index (χ4n) is 2.70. The summed E-state index contributed by atoms with van der Waals surface area (Å²) in [5.74, 6) is 0. The molecule has 0 spiro atoms. The van der Waals surface area contributed by atoms with Gasteiger partial charge in [-0.15, -0.1) is 11.3 Å². The lowest BCUT2D eigenvalue weighted by Gasteiger charge is -2.11. The first-order chi connectivity index (χ1) is 11.2. The highest BCUT2D eigenvalue weighted by molar-refractivity contribution is 7.16. The number of benzene rings is 2. The van der Waals surface area contributed by atoms with Crippen molar-refractivity contribution in [1.82, 2.24) is 9.97 Å². The number of fused-ring (bicyclic) bond motifs is 1. The molecule has 0 radical (unpaired) electrons. The number of hydrogen-bond donors (Lipinski definition) is 0. The summed E-state index contributed by atoms with van der Waals surface area (Å²) in [6.45, 7) is 2.06. The normalized spacial score (nSPS) is 11.0. The first kappa shape index (κ1) is 14.4. The molecule has 2 aromatic heterocycles. The molecule has 2 aromatic carbocycles. The smallest absolute Gasteiger partial charge is 0.0812 e. The van der Waals surface area contributed by atoms with Crippen molar-refractivity contribution < 1.29 is 0 Å². The van der Waals surface area contributed by atoms with E-state index in [9.17, 15) is 0 Å². The van der Waals surface area contributed by atoms with E-state index in [1.165, 1.54) is 10.3 Å². The number of nitrogens with zero attached hydrogens (tertiary/aromatic N) is 2. The van der Waals surface area contributed by atoms with Crippen LogP contribution in [-0.2, 0) is 0 Å². The van der Waals surface area contributed by atoms with Gasteiger partial charge in [-0.25, -0.2) is 4.98 Å². The predicted molar refractivity (Wildman–Crippen MR) is 98.0 cm³/mol. The Labute approximate surface area is 143 Å². The van der Waals surface area contributed by atoms with Crippen LogP contribution in [0.15, 0.2) is 60.2 Å². The summed E-state index contributed by atoms with van der Waals surface area (Å²) in [5, 5.41) is 0.717. The minimum Gasteiger partial charge on any atom is -0.256 e. The molecule has 0 aliphatic carbocycles. The summed E-state index contributed by atoms with van der Waals surface area (Å²) >= 11 is 8.07. The minimum absolute atomic E-state index is 0.717. The molecular formula is C19H13ClN2S. The van der Waals surface area contributed by atoms with Gasteiger partial charge in [0.2, 0.25) is 0 Å². The van der Waals surface area contributed by atoms with Gasteiger partial charge in [-0.05, 0) is 42.8 Å². The second-order valence-corrected chi connectivity index (χ2v) is 6.71. The standard InChI is InChI=1S/C19H13ClN2S/c1-12-4-6-16(20)15(9-12)19-14(3-2-8-21-19)13-5-7-17-18(10-13)23-11-22-17/h2-11H,1H3. The number of hydrogen-bond acceptors (Lipinski definition) is 3. The topological polar surface area (TPSA) is 25.8 Å². The SMILES string of the molecule is Cc1ccc(Cl)c(-c2ncccc2-c2ccc3ncsc3c2)c1. The molecule has 0 fully saturated rings. The highest BCUT2D eigenvalue weighted by Crippen LogP contribution is 2.36. The molecule has 112 valence electrons. The molecular weight excluding hydrogens is 324 g/mol. The molecule has 2 heterocycles. The predicted octanol–water partition coefficient (Wildman–Crippen LogP) is 5.99. The summed E-state index contributed by atoms with van der Waals surface area (Å²) in [4.78, 5) is 8.94. The van der Waals surface area contributed by atoms with E-state index < -0.39 is 0 Å². The second kappa shape index (κ2) is 5.76. The summed E-state index contributed by atoms with van der Waals surface area (Å²) in [6.07, 6.45) is 1.81. The van der Waals surface area contributed by atoms with Gasteiger partial charge in [-0.3, -0.25) is 4.98 Å². The van der Waals surface area contributed by atoms with E-state index in [2.05, 4.69) is 47.2 Å². The van der Waals surface area contributed by atoms with Crippen molar-refractivity contribution in [1.29, 1.82) is 0 Å². The van der Waals surface area contributed by atoms with E-state index >= 15 is 0 Å². The lowest BCUT2D eigenvalue weighted by molar-refractivity contribution is 1.32. The molecule has 23 heavy (non-hydrogen) atoms. The molecule has 0 bridgehead atoms. The molecule has 2 nitrogen and oxygen atoms in total. The van der Waals surface area contributed by atoms with Crippen molar-refractivity contribution in [3.05, 3.63) is 70.8 Å². The van der Waals surface area contributed by atoms with Crippen molar-refractivity contribution in [3.63, 3.8) is 0 Å². The van der Waals surface area contributed by atoms with Crippen molar-refractivity contribution in [3.8, 4) is 22.4 Å². The van der Waals surface area contributed by atoms with Crippen LogP contribution in [-0.4, -0.2) is 9.97 Å². The Balaban J connectivity index is 1.94. The van der Waals surface area contributed by atoms with Crippen molar-refractivity contribution >= 4 is 33.2 Å². The summed E-state index contributed by atoms with van der Waals surface area (Å²) < 4.78 is 1.17. The maximum absolute atomic E-state index is 6.42. The molecule has 4 aromatic rings. The number of thiazole rings is 1. The highest BCUT2D eigenvalue weighted by atomic mass is 35.5. The Morgan fingerprint density at radius 1 is 0.957 bits per heavy atom. The molecule has 0 aliphatic rings. The third-order valence-corrected chi connectivity index (χ3v) is 4.95. The number of rotatable bonds is 2. The van der Waals surface area contributed by atoms with E-state index in [1.807, 2.05) is 29.9 Å². The summed E-state index contributed by atoms with van der Waals surface area (Å²) in [5.41, 5.74) is 8.14. The number of halogens is 1. The van der Waals surface area contributed by atoms with Gasteiger partial charge in [0.15, 0.2) is 0 Å². The molecule has 0 N–H and O–H groups in total. The average molecular weight is 337 g/mol. The van der Waals surface area contributed by atoms with Crippen molar-refractivity contribution in [2.45, 2.75) is 6.92 Å². The van der Waals surface area contributed by atoms with Crippen LogP contribution in [0.5, 0.6) is 0 Å². The van der Waals surface area contributed by atoms with Crippen LogP contribution < -0.4 is 0 Å². The zero-order valence-electron chi connectivity index (χ0n) is 12.5. The average Bonchev–Trinajstić information content (AvgIpc) is 3.05. The van der Waals surface area contributed by atoms with Crippen LogP contribution in [0.25, 0.3) is 32.6 Å². The van der Waals surface area contributed by atoms with Crippen LogP contribution in [0, 0.1) is 6.92 Å². The van der Waals surface area contributed by atoms with Crippen LogP contribution in [0.3, 0.4) is 0 Å². The number of pyridine rings is 1. The lowest BCUT2D eigenvalue weighted by atomic mass is 9.98. The van der Waals surface area contributed by atoms with Gasteiger partial charge < -0.3 is 0 Å². The van der Waals surface area contributed by atoms with Gasteiger partial charge in [0.05, 0.1) is 21.4 Å². The molecule has 4 heteroatoms. The Morgan fingerprint density at radius 2 is 1.87 bits per heavy atom. The molecule has 0 unspecified atom stereocenters. The second-order valence-electron chi connectivity index (χ2n) is 5.42. The Morgan fingerprint density at radius 3 is 2.78 bits per heavy atom. The summed E-state index contributed by atoms with van der Waals surface area (Å²) in [7, 11) is 0. The Kier molecular flexibility index (Phi) is 3.60. The first-order valence-corrected chi connectivity index (χ1v) is 8.53. The van der Waals surface area contributed by atoms with E-state index in [4.69, 9.17) is 11.6 Å². The first-order valence-electron chi connectivity index (χ1n) is 7.27. The third kappa shape index (κ3) is 2.62. The van der Waals surface area contributed by atoms with Gasteiger partial charge in [0.1, 0.15) is 0 Å². The maximum Gasteiger partial charge on any atom is 0.0812 e. The van der Waals surface area contributed by atoms with E-state index in [-0.39, 0.29) is 0 Å². The van der Waals surface area contributed by atoms with Gasteiger partial charge in [0.25, 0.3) is 0 Å². The molecule has 0 aliphatic heterocycles. The monoisotopic (exact) mass is 336 g/mol. The van der Waals surface area contributed by atoms with Crippen LogP contribution in [0.4, 0.5) is 0 Å². The Hall–Kier alpha value is -2.23. The zero-order chi connectivity index (χ0) is 15.8. The van der Waals surface area contributed by atoms with Gasteiger partial charge >= 0.3 is 0 Å². The van der Waals surface area contributed by atoms with Crippen LogP contribution in [0.1, 0.15) is 5.56 Å². The molecule has 0 saturated heterocycles. The Bertz CT molecular complexity index is 1010. The largest absolute Gasteiger partial charge is 0.256 e. The molecule has 4 rings (SSSR count). The molecule has 0 amide bonds. The molecule has 0 atom stereocenters. The fourth-order valence-corrected chi connectivity index (χ4v) is 3.62. The van der Waals surface area contributed by atoms with Crippen molar-refractivity contribution in [2.24, 2.45) is 0 Å². The van der Waals surface area contributed by atoms with E-state index in [1.54, 1.807) is 11.3 Å². The van der Waals surface area contributed by atoms with E-state index in [0.29, 0.717) is 0 Å². The zero-order valence-corrected chi connectivity index (χ0v) is 14.0. The highest BCUT2D eigenvalue weighted by Gasteiger charge is 2.12. The van der Waals surface area contributed by atoms with Gasteiger partial charge in [-0.2, -0.15) is 0 Å². The lowest BCUT2D eigenvalue weighted by Crippen LogP contribution is -1.90. The van der Waals surface area contributed by atoms with Gasteiger partial charge in [-0.1, -0.05) is 35.4 Å². The van der Waals surface area contributed by atoms with Crippen LogP contribution >= 0.6 is 22.9 Å². The number of aromatic nitrogens is 2. The third-order valence-electron chi connectivity index (χ3n) is 3.83. The summed E-state index contributed by atoms with van der Waals surface area (Å²) in [6, 6.07) is 16.4. The minimum atomic E-state index is 0.717. The van der Waals surface area contributed by atoms with Crippen molar-refractivity contribution in [2.75, 3.05) is 0 Å². The van der Waals surface area contributed by atoms with Gasteiger partial charge in [0, 0.05) is 22.3 Å². The van der Waals surface area contributed by atoms with E-state index in [0.717, 1.165) is 32.9 Å². The maximum atomic E-state index is 6.42. The quantitative estimate of drug-likeness (QED) is 0.449. The molecule has 0 saturated carbocycles. The van der Waals surface area contributed by atoms with Crippen LogP contribution in [0.2, 0.25) is 5.02 Å².